The van der Waals surface area contributed by atoms with Crippen LogP contribution in [0.5, 0.6) is 0 Å². The number of carbonyl (C=O) groups excluding carboxylic acids is 1. The molecule has 1 rings (SSSR count). The third-order valence-corrected chi connectivity index (χ3v) is 2.72. The monoisotopic (exact) mass is 309 g/mol. The Morgan fingerprint density at radius 2 is 2.09 bits per heavy atom. The number of nitro groups is 1. The number of aliphatic hydroxyl groups is 1. The predicted octanol–water partition coefficient (Wildman–Crippen LogP) is 1.33. The number of carbonyl (C=O) groups is 1. The van der Waals surface area contributed by atoms with E-state index < -0.39 is 23.0 Å². The van der Waals surface area contributed by atoms with Crippen LogP contribution in [0.25, 0.3) is 0 Å². The van der Waals surface area contributed by atoms with E-state index in [0.717, 1.165) is 11.6 Å². The Morgan fingerprint density at radius 1 is 1.41 bits per heavy atom. The van der Waals surface area contributed by atoms with Crippen LogP contribution < -0.4 is 0 Å². The Morgan fingerprint density at radius 3 is 2.68 bits per heavy atom. The highest BCUT2D eigenvalue weighted by Gasteiger charge is 2.40. The zero-order valence-electron chi connectivity index (χ0n) is 12.3. The summed E-state index contributed by atoms with van der Waals surface area (Å²) in [5, 5.41) is 20.6. The van der Waals surface area contributed by atoms with E-state index in [4.69, 9.17) is 4.74 Å². The van der Waals surface area contributed by atoms with Gasteiger partial charge in [0.25, 0.3) is 0 Å². The van der Waals surface area contributed by atoms with Crippen LogP contribution >= 0.6 is 0 Å². The minimum atomic E-state index is -2.28. The molecular weight excluding hydrogens is 290 g/mol. The van der Waals surface area contributed by atoms with Gasteiger partial charge in [-0.1, -0.05) is 36.4 Å². The third-order valence-electron chi connectivity index (χ3n) is 2.72. The van der Waals surface area contributed by atoms with E-state index in [0.29, 0.717) is 6.61 Å². The molecule has 0 fully saturated rings. The summed E-state index contributed by atoms with van der Waals surface area (Å²) in [6.45, 7) is 1.09. The van der Waals surface area contributed by atoms with Gasteiger partial charge < -0.3 is 14.6 Å². The van der Waals surface area contributed by atoms with E-state index in [1.807, 2.05) is 30.3 Å². The predicted molar refractivity (Wildman–Crippen MR) is 78.7 cm³/mol. The second-order valence-electron chi connectivity index (χ2n) is 4.54. The van der Waals surface area contributed by atoms with Crippen LogP contribution in [0.1, 0.15) is 12.5 Å². The lowest BCUT2D eigenvalue weighted by atomic mass is 10.0. The molecule has 0 saturated heterocycles. The lowest BCUT2D eigenvalue weighted by Gasteiger charge is -2.17. The Kier molecular flexibility index (Phi) is 7.21. The Bertz CT molecular complexity index is 516. The van der Waals surface area contributed by atoms with Crippen LogP contribution in [0.3, 0.4) is 0 Å². The largest absolute Gasteiger partial charge is 0.463 e. The van der Waals surface area contributed by atoms with Crippen molar-refractivity contribution in [1.82, 2.24) is 0 Å². The number of ether oxygens (including phenoxy) is 2. The molecule has 22 heavy (non-hydrogen) atoms. The van der Waals surface area contributed by atoms with Gasteiger partial charge in [-0.15, -0.1) is 0 Å². The standard InChI is InChI=1S/C15H19NO6/c1-2-22-14(17)15(18,12-16(19)20)9-6-10-21-11-13-7-4-3-5-8-13/h3-9,18H,2,10-12H2,1H3/b9-6+. The first-order chi connectivity index (χ1) is 10.5. The van der Waals surface area contributed by atoms with Crippen molar-refractivity contribution in [1.29, 1.82) is 0 Å². The van der Waals surface area contributed by atoms with Gasteiger partial charge >= 0.3 is 5.97 Å². The second kappa shape index (κ2) is 8.91. The topological polar surface area (TPSA) is 98.9 Å². The molecule has 0 aliphatic rings. The normalized spacial score (nSPS) is 13.7. The summed E-state index contributed by atoms with van der Waals surface area (Å²) < 4.78 is 9.99. The molecule has 7 heteroatoms. The smallest absolute Gasteiger partial charge is 0.349 e. The van der Waals surface area contributed by atoms with Crippen molar-refractivity contribution < 1.29 is 24.3 Å². The molecule has 0 bridgehead atoms. The molecule has 0 aliphatic heterocycles. The van der Waals surface area contributed by atoms with Crippen LogP contribution in [-0.4, -0.2) is 41.4 Å². The van der Waals surface area contributed by atoms with Gasteiger partial charge in [0.15, 0.2) is 0 Å². The molecule has 0 heterocycles. The van der Waals surface area contributed by atoms with Gasteiger partial charge in [-0.2, -0.15) is 0 Å². The van der Waals surface area contributed by atoms with E-state index in [-0.39, 0.29) is 13.2 Å². The van der Waals surface area contributed by atoms with Gasteiger partial charge in [-0.25, -0.2) is 4.79 Å². The Hall–Kier alpha value is -2.25. The second-order valence-corrected chi connectivity index (χ2v) is 4.54. The van der Waals surface area contributed by atoms with Gasteiger partial charge in [0.1, 0.15) is 0 Å². The first-order valence-electron chi connectivity index (χ1n) is 6.78. The summed E-state index contributed by atoms with van der Waals surface area (Å²) in [5.41, 5.74) is -1.31. The van der Waals surface area contributed by atoms with Crippen LogP contribution in [0.2, 0.25) is 0 Å². The molecule has 7 nitrogen and oxygen atoms in total. The van der Waals surface area contributed by atoms with E-state index in [2.05, 4.69) is 4.74 Å². The lowest BCUT2D eigenvalue weighted by molar-refractivity contribution is -0.494. The summed E-state index contributed by atoms with van der Waals surface area (Å²) >= 11 is 0. The van der Waals surface area contributed by atoms with Gasteiger partial charge in [-0.3, -0.25) is 10.1 Å². The highest BCUT2D eigenvalue weighted by Crippen LogP contribution is 2.11. The zero-order chi connectivity index (χ0) is 16.4. The third kappa shape index (κ3) is 6.02. The lowest BCUT2D eigenvalue weighted by Crippen LogP contribution is -2.44. The number of hydrogen-bond donors (Lipinski definition) is 1. The summed E-state index contributed by atoms with van der Waals surface area (Å²) in [7, 11) is 0. The average molecular weight is 309 g/mol. The first kappa shape index (κ1) is 17.8. The number of nitrogens with zero attached hydrogens (tertiary/aromatic N) is 1. The first-order valence-corrected chi connectivity index (χ1v) is 6.78. The fraction of sp³-hybridized carbons (Fsp3) is 0.400. The maximum Gasteiger partial charge on any atom is 0.349 e. The number of rotatable bonds is 9. The summed E-state index contributed by atoms with van der Waals surface area (Å²) in [6, 6.07) is 9.44. The maximum absolute atomic E-state index is 11.6. The molecular formula is C15H19NO6. The van der Waals surface area contributed by atoms with Gasteiger partial charge in [-0.05, 0) is 18.6 Å². The average Bonchev–Trinajstić information content (AvgIpc) is 2.47. The van der Waals surface area contributed by atoms with Crippen molar-refractivity contribution in [3.63, 3.8) is 0 Å². The van der Waals surface area contributed by atoms with E-state index in [1.54, 1.807) is 6.92 Å². The number of esters is 1. The molecule has 0 radical (unpaired) electrons. The van der Waals surface area contributed by atoms with Gasteiger partial charge in [0.05, 0.1) is 19.8 Å². The van der Waals surface area contributed by atoms with Crippen molar-refractivity contribution in [2.75, 3.05) is 19.8 Å². The molecule has 1 aromatic rings. The molecule has 1 atom stereocenters. The molecule has 1 unspecified atom stereocenters. The number of hydrogen-bond acceptors (Lipinski definition) is 6. The minimum absolute atomic E-state index is 0.0250. The van der Waals surface area contributed by atoms with Crippen molar-refractivity contribution in [2.24, 2.45) is 0 Å². The van der Waals surface area contributed by atoms with Gasteiger partial charge in [0.2, 0.25) is 12.1 Å². The van der Waals surface area contributed by atoms with Crippen molar-refractivity contribution >= 4 is 5.97 Å². The molecule has 120 valence electrons. The highest BCUT2D eigenvalue weighted by molar-refractivity contribution is 5.81. The summed E-state index contributed by atoms with van der Waals surface area (Å²) in [4.78, 5) is 21.4. The van der Waals surface area contributed by atoms with Crippen molar-refractivity contribution in [2.45, 2.75) is 19.1 Å². The van der Waals surface area contributed by atoms with E-state index in [9.17, 15) is 20.0 Å². The molecule has 1 aromatic carbocycles. The SMILES string of the molecule is CCOC(=O)C(O)(/C=C/COCc1ccccc1)C[N+](=O)[O-]. The molecule has 0 aromatic heterocycles. The van der Waals surface area contributed by atoms with Crippen LogP contribution in [0, 0.1) is 10.1 Å². The van der Waals surface area contributed by atoms with Crippen LogP contribution in [-0.2, 0) is 20.9 Å². The molecule has 1 N–H and O–H groups in total. The maximum atomic E-state index is 11.6. The fourth-order valence-corrected chi connectivity index (χ4v) is 1.70. The molecule has 0 spiro atoms. The van der Waals surface area contributed by atoms with E-state index >= 15 is 0 Å². The molecule has 0 amide bonds. The highest BCUT2D eigenvalue weighted by atomic mass is 16.6. The quantitative estimate of drug-likeness (QED) is 0.243. The molecule has 0 aliphatic carbocycles. The summed E-state index contributed by atoms with van der Waals surface area (Å²) in [6.07, 6.45) is 2.40. The Balaban J connectivity index is 2.54. The van der Waals surface area contributed by atoms with Crippen molar-refractivity contribution in [3.05, 3.63) is 58.2 Å². The fourth-order valence-electron chi connectivity index (χ4n) is 1.70. The van der Waals surface area contributed by atoms with Crippen LogP contribution in [0.15, 0.2) is 42.5 Å². The molecule has 0 saturated carbocycles. The van der Waals surface area contributed by atoms with Crippen molar-refractivity contribution in [3.8, 4) is 0 Å². The van der Waals surface area contributed by atoms with Crippen LogP contribution in [0.4, 0.5) is 0 Å². The van der Waals surface area contributed by atoms with Gasteiger partial charge in [0, 0.05) is 4.92 Å². The number of benzene rings is 1. The van der Waals surface area contributed by atoms with E-state index in [1.165, 1.54) is 6.08 Å². The zero-order valence-corrected chi connectivity index (χ0v) is 12.3. The summed E-state index contributed by atoms with van der Waals surface area (Å²) in [5.74, 6) is -1.05. The Labute approximate surface area is 128 Å². The minimum Gasteiger partial charge on any atom is -0.463 e.